The Hall–Kier alpha value is -3.69. The predicted molar refractivity (Wildman–Crippen MR) is 106 cm³/mol. The fourth-order valence-corrected chi connectivity index (χ4v) is 3.30. The van der Waals surface area contributed by atoms with Crippen LogP contribution in [0.5, 0.6) is 5.88 Å². The molecule has 9 nitrogen and oxygen atoms in total. The maximum atomic E-state index is 13.4. The van der Waals surface area contributed by atoms with Crippen LogP contribution < -0.4 is 15.0 Å². The smallest absolute Gasteiger partial charge is 0.272 e. The van der Waals surface area contributed by atoms with Gasteiger partial charge in [-0.05, 0) is 30.2 Å². The lowest BCUT2D eigenvalue weighted by Gasteiger charge is -2.19. The highest BCUT2D eigenvalue weighted by Crippen LogP contribution is 2.29. The van der Waals surface area contributed by atoms with Crippen LogP contribution in [0.25, 0.3) is 0 Å². The molecule has 10 heteroatoms. The van der Waals surface area contributed by atoms with Crippen molar-refractivity contribution in [3.63, 3.8) is 0 Å². The normalized spacial score (nSPS) is 16.1. The SMILES string of the molecule is Cc1cc(Cn2ccc(C(=O)N[C@H]3COc4c(cnn4C)N(C)C3=O)n2)ccc1F. The number of fused-ring (bicyclic) bond motifs is 1. The van der Waals surface area contributed by atoms with Crippen molar-refractivity contribution in [2.75, 3.05) is 18.6 Å². The van der Waals surface area contributed by atoms with Gasteiger partial charge < -0.3 is 15.0 Å². The third kappa shape index (κ3) is 3.63. The highest BCUT2D eigenvalue weighted by atomic mass is 19.1. The summed E-state index contributed by atoms with van der Waals surface area (Å²) >= 11 is 0. The van der Waals surface area contributed by atoms with Crippen LogP contribution in [0.1, 0.15) is 21.6 Å². The van der Waals surface area contributed by atoms with Crippen molar-refractivity contribution in [2.45, 2.75) is 19.5 Å². The largest absolute Gasteiger partial charge is 0.474 e. The zero-order valence-electron chi connectivity index (χ0n) is 16.8. The van der Waals surface area contributed by atoms with Gasteiger partial charge in [-0.1, -0.05) is 12.1 Å². The van der Waals surface area contributed by atoms with Crippen LogP contribution >= 0.6 is 0 Å². The summed E-state index contributed by atoms with van der Waals surface area (Å²) in [6, 6.07) is 5.52. The second kappa shape index (κ2) is 7.62. The second-order valence-corrected chi connectivity index (χ2v) is 7.17. The van der Waals surface area contributed by atoms with E-state index in [1.165, 1.54) is 21.8 Å². The summed E-state index contributed by atoms with van der Waals surface area (Å²) in [5.41, 5.74) is 2.12. The van der Waals surface area contributed by atoms with Crippen LogP contribution in [0.4, 0.5) is 10.1 Å². The Balaban J connectivity index is 1.44. The average molecular weight is 412 g/mol. The van der Waals surface area contributed by atoms with Crippen LogP contribution in [0, 0.1) is 12.7 Å². The van der Waals surface area contributed by atoms with Crippen LogP contribution in [-0.2, 0) is 18.4 Å². The molecule has 2 amide bonds. The van der Waals surface area contributed by atoms with E-state index in [9.17, 15) is 14.0 Å². The fraction of sp³-hybridized carbons (Fsp3) is 0.300. The zero-order chi connectivity index (χ0) is 21.4. The van der Waals surface area contributed by atoms with Crippen molar-refractivity contribution in [1.82, 2.24) is 24.9 Å². The summed E-state index contributed by atoms with van der Waals surface area (Å²) in [5.74, 6) is -0.598. The Kier molecular flexibility index (Phi) is 4.98. The quantitative estimate of drug-likeness (QED) is 0.697. The summed E-state index contributed by atoms with van der Waals surface area (Å²) < 4.78 is 22.2. The lowest BCUT2D eigenvalue weighted by atomic mass is 10.1. The first kappa shape index (κ1) is 19.6. The minimum atomic E-state index is -0.861. The number of amides is 2. The zero-order valence-corrected chi connectivity index (χ0v) is 16.8. The summed E-state index contributed by atoms with van der Waals surface area (Å²) in [6.45, 7) is 2.07. The molecule has 0 saturated carbocycles. The van der Waals surface area contributed by atoms with Gasteiger partial charge in [0, 0.05) is 20.3 Å². The maximum Gasteiger partial charge on any atom is 0.272 e. The molecule has 1 atom stereocenters. The number of aromatic nitrogens is 4. The number of carbonyl (C=O) groups is 2. The Labute approximate surface area is 172 Å². The molecule has 1 aliphatic rings. The van der Waals surface area contributed by atoms with E-state index in [2.05, 4.69) is 15.5 Å². The summed E-state index contributed by atoms with van der Waals surface area (Å²) in [6.07, 6.45) is 3.20. The lowest BCUT2D eigenvalue weighted by Crippen LogP contribution is -2.49. The number of nitrogens with one attached hydrogen (secondary N) is 1. The standard InChI is InChI=1S/C20H21FN6O3/c1-12-8-13(4-5-14(12)21)10-27-7-6-15(24-27)18(28)23-16-11-30-20-17(9-22-26(20)3)25(2)19(16)29/h4-9,16H,10-11H2,1-3H3,(H,23,28)/t16-/m0/s1. The van der Waals surface area contributed by atoms with Gasteiger partial charge in [0.2, 0.25) is 5.88 Å². The van der Waals surface area contributed by atoms with Gasteiger partial charge in [-0.2, -0.15) is 10.2 Å². The van der Waals surface area contributed by atoms with Crippen LogP contribution in [0.2, 0.25) is 0 Å². The molecule has 0 radical (unpaired) electrons. The molecule has 1 aliphatic heterocycles. The predicted octanol–water partition coefficient (Wildman–Crippen LogP) is 1.27. The van der Waals surface area contributed by atoms with E-state index >= 15 is 0 Å². The van der Waals surface area contributed by atoms with Crippen molar-refractivity contribution in [1.29, 1.82) is 0 Å². The van der Waals surface area contributed by atoms with Gasteiger partial charge >= 0.3 is 0 Å². The highest BCUT2D eigenvalue weighted by Gasteiger charge is 2.32. The Bertz CT molecular complexity index is 1120. The van der Waals surface area contributed by atoms with Gasteiger partial charge in [-0.15, -0.1) is 0 Å². The first-order chi connectivity index (χ1) is 14.3. The van der Waals surface area contributed by atoms with Crippen LogP contribution in [0.15, 0.2) is 36.7 Å². The molecule has 1 N–H and O–H groups in total. The number of carbonyl (C=O) groups excluding carboxylic acids is 2. The molecule has 30 heavy (non-hydrogen) atoms. The van der Waals surface area contributed by atoms with Gasteiger partial charge in [-0.25, -0.2) is 9.07 Å². The fourth-order valence-electron chi connectivity index (χ4n) is 3.30. The Morgan fingerprint density at radius 3 is 2.90 bits per heavy atom. The van der Waals surface area contributed by atoms with E-state index < -0.39 is 11.9 Å². The molecule has 3 heterocycles. The monoisotopic (exact) mass is 412 g/mol. The molecule has 1 aromatic carbocycles. The molecule has 156 valence electrons. The first-order valence-electron chi connectivity index (χ1n) is 9.35. The van der Waals surface area contributed by atoms with Crippen molar-refractivity contribution >= 4 is 17.5 Å². The Morgan fingerprint density at radius 1 is 1.33 bits per heavy atom. The number of benzene rings is 1. The van der Waals surface area contributed by atoms with Gasteiger partial charge in [0.15, 0.2) is 0 Å². The van der Waals surface area contributed by atoms with Crippen molar-refractivity contribution in [3.8, 4) is 5.88 Å². The third-order valence-electron chi connectivity index (χ3n) is 4.99. The number of aryl methyl sites for hydroxylation is 2. The molecule has 0 aliphatic carbocycles. The second-order valence-electron chi connectivity index (χ2n) is 7.17. The number of rotatable bonds is 4. The molecule has 4 rings (SSSR count). The van der Waals surface area contributed by atoms with E-state index in [1.54, 1.807) is 50.1 Å². The summed E-state index contributed by atoms with van der Waals surface area (Å²) in [4.78, 5) is 26.8. The average Bonchev–Trinajstić information content (AvgIpc) is 3.31. The van der Waals surface area contributed by atoms with Crippen LogP contribution in [0.3, 0.4) is 0 Å². The third-order valence-corrected chi connectivity index (χ3v) is 4.99. The highest BCUT2D eigenvalue weighted by molar-refractivity contribution is 6.02. The topological polar surface area (TPSA) is 94.3 Å². The molecule has 0 bridgehead atoms. The number of halogens is 1. The van der Waals surface area contributed by atoms with E-state index in [0.29, 0.717) is 23.7 Å². The molecule has 0 saturated heterocycles. The lowest BCUT2D eigenvalue weighted by molar-refractivity contribution is -0.120. The molecule has 0 spiro atoms. The molecule has 2 aromatic heterocycles. The summed E-state index contributed by atoms with van der Waals surface area (Å²) in [5, 5.41) is 11.0. The van der Waals surface area contributed by atoms with Gasteiger partial charge in [-0.3, -0.25) is 14.3 Å². The molecule has 0 unspecified atom stereocenters. The minimum absolute atomic E-state index is 0.0169. The summed E-state index contributed by atoms with van der Waals surface area (Å²) in [7, 11) is 3.32. The van der Waals surface area contributed by atoms with Gasteiger partial charge in [0.25, 0.3) is 11.8 Å². The number of ether oxygens (including phenoxy) is 1. The van der Waals surface area contributed by atoms with Crippen LogP contribution in [-0.4, -0.2) is 51.1 Å². The number of nitrogens with zero attached hydrogens (tertiary/aromatic N) is 5. The van der Waals surface area contributed by atoms with Gasteiger partial charge in [0.1, 0.15) is 29.8 Å². The first-order valence-corrected chi connectivity index (χ1v) is 9.35. The van der Waals surface area contributed by atoms with Gasteiger partial charge in [0.05, 0.1) is 12.7 Å². The molecular weight excluding hydrogens is 391 g/mol. The van der Waals surface area contributed by atoms with E-state index in [-0.39, 0.29) is 24.0 Å². The molecular formula is C20H21FN6O3. The maximum absolute atomic E-state index is 13.4. The van der Waals surface area contributed by atoms with Crippen molar-refractivity contribution in [3.05, 3.63) is 59.3 Å². The number of hydrogen-bond acceptors (Lipinski definition) is 5. The number of hydrogen-bond donors (Lipinski definition) is 1. The van der Waals surface area contributed by atoms with E-state index in [0.717, 1.165) is 5.56 Å². The molecule has 3 aromatic rings. The Morgan fingerprint density at radius 2 is 2.13 bits per heavy atom. The molecule has 0 fully saturated rings. The number of likely N-dealkylation sites (N-methyl/N-ethyl adjacent to an activating group) is 1. The van der Waals surface area contributed by atoms with E-state index in [1.807, 2.05) is 0 Å². The van der Waals surface area contributed by atoms with E-state index in [4.69, 9.17) is 4.74 Å². The minimum Gasteiger partial charge on any atom is -0.474 e. The number of anilines is 1. The van der Waals surface area contributed by atoms with Crippen molar-refractivity contribution < 1.29 is 18.7 Å². The van der Waals surface area contributed by atoms with Crippen molar-refractivity contribution in [2.24, 2.45) is 7.05 Å².